The van der Waals surface area contributed by atoms with Gasteiger partial charge >= 0.3 is 0 Å². The van der Waals surface area contributed by atoms with Gasteiger partial charge in [0.1, 0.15) is 17.3 Å². The summed E-state index contributed by atoms with van der Waals surface area (Å²) in [5, 5.41) is 8.07. The molecule has 3 aromatic carbocycles. The molecule has 0 aliphatic carbocycles. The van der Waals surface area contributed by atoms with E-state index in [1.807, 2.05) is 6.92 Å². The van der Waals surface area contributed by atoms with Gasteiger partial charge in [0.25, 0.3) is 0 Å². The average molecular weight is 413 g/mol. The minimum atomic E-state index is -0.670. The summed E-state index contributed by atoms with van der Waals surface area (Å²) < 4.78 is 41.9. The van der Waals surface area contributed by atoms with Crippen LogP contribution in [0.3, 0.4) is 0 Å². The van der Waals surface area contributed by atoms with Gasteiger partial charge in [-0.3, -0.25) is 0 Å². The number of hydrogen-bond donors (Lipinski definition) is 0. The first-order valence-electron chi connectivity index (χ1n) is 8.93. The topological polar surface area (TPSA) is 24.7 Å². The summed E-state index contributed by atoms with van der Waals surface area (Å²) >= 11 is 5.69. The Morgan fingerprint density at radius 3 is 2.14 bits per heavy atom. The van der Waals surface area contributed by atoms with Crippen LogP contribution in [0.5, 0.6) is 0 Å². The largest absolute Gasteiger partial charge is 0.206 e. The molecule has 0 bridgehead atoms. The normalized spacial score (nSPS) is 10.8. The van der Waals surface area contributed by atoms with Crippen molar-refractivity contribution in [3.63, 3.8) is 0 Å². The van der Waals surface area contributed by atoms with Crippen molar-refractivity contribution in [1.82, 2.24) is 0 Å². The van der Waals surface area contributed by atoms with Crippen molar-refractivity contribution in [2.24, 2.45) is 10.2 Å². The van der Waals surface area contributed by atoms with Crippen LogP contribution in [0.2, 0.25) is 5.02 Å². The van der Waals surface area contributed by atoms with E-state index in [9.17, 15) is 13.2 Å². The molecular formula is C23H16ClF3N2. The van der Waals surface area contributed by atoms with Gasteiger partial charge < -0.3 is 0 Å². The predicted molar refractivity (Wildman–Crippen MR) is 108 cm³/mol. The van der Waals surface area contributed by atoms with Gasteiger partial charge in [-0.2, -0.15) is 5.11 Å². The van der Waals surface area contributed by atoms with E-state index in [1.165, 1.54) is 24.3 Å². The molecule has 0 aliphatic heterocycles. The minimum absolute atomic E-state index is 0.0655. The van der Waals surface area contributed by atoms with Crippen LogP contribution in [0.4, 0.5) is 24.5 Å². The monoisotopic (exact) mass is 412 g/mol. The highest BCUT2D eigenvalue weighted by Gasteiger charge is 2.09. The lowest BCUT2D eigenvalue weighted by Gasteiger charge is -2.02. The van der Waals surface area contributed by atoms with Crippen molar-refractivity contribution in [2.45, 2.75) is 19.8 Å². The van der Waals surface area contributed by atoms with E-state index in [0.717, 1.165) is 12.5 Å². The molecule has 6 heteroatoms. The molecule has 0 aromatic heterocycles. The number of azo groups is 1. The van der Waals surface area contributed by atoms with Crippen molar-refractivity contribution in [1.29, 1.82) is 0 Å². The second-order valence-electron chi connectivity index (χ2n) is 6.28. The first kappa shape index (κ1) is 20.6. The summed E-state index contributed by atoms with van der Waals surface area (Å²) in [7, 11) is 0. The number of halogens is 4. The smallest absolute Gasteiger partial charge is 0.152 e. The molecule has 0 N–H and O–H groups in total. The Balaban J connectivity index is 1.76. The second kappa shape index (κ2) is 9.40. The standard InChI is InChI=1S/C23H16ClF3N2/c1-2-3-16-12-20(25)19(21(26)13-16)10-6-15-4-8-18(9-5-15)28-29-23-11-7-17(24)14-22(23)27/h4-5,7-9,11-14H,2-3H2,1H3. The SMILES string of the molecule is CCCc1cc(F)c(C#Cc2ccc(N=Nc3ccc(Cl)cc3F)cc2)c(F)c1. The molecule has 29 heavy (non-hydrogen) atoms. The Labute approximate surface area is 172 Å². The van der Waals surface area contributed by atoms with Crippen LogP contribution in [0.15, 0.2) is 64.8 Å². The predicted octanol–water partition coefficient (Wildman–Crippen LogP) is 7.53. The molecule has 2 nitrogen and oxygen atoms in total. The number of aryl methyl sites for hydroxylation is 1. The summed E-state index contributed by atoms with van der Waals surface area (Å²) in [4.78, 5) is 0. The van der Waals surface area contributed by atoms with Crippen LogP contribution >= 0.6 is 11.6 Å². The molecule has 0 spiro atoms. The lowest BCUT2D eigenvalue weighted by Crippen LogP contribution is -1.94. The third kappa shape index (κ3) is 5.46. The number of hydrogen-bond acceptors (Lipinski definition) is 2. The van der Waals surface area contributed by atoms with Gasteiger partial charge in [0.15, 0.2) is 5.82 Å². The molecular weight excluding hydrogens is 397 g/mol. The molecule has 0 heterocycles. The van der Waals surface area contributed by atoms with E-state index in [0.29, 0.717) is 23.2 Å². The number of benzene rings is 3. The fraction of sp³-hybridized carbons (Fsp3) is 0.130. The second-order valence-corrected chi connectivity index (χ2v) is 6.71. The highest BCUT2D eigenvalue weighted by molar-refractivity contribution is 6.30. The van der Waals surface area contributed by atoms with Crippen molar-refractivity contribution < 1.29 is 13.2 Å². The van der Waals surface area contributed by atoms with Gasteiger partial charge in [-0.05, 0) is 66.6 Å². The van der Waals surface area contributed by atoms with E-state index in [1.54, 1.807) is 24.3 Å². The minimum Gasteiger partial charge on any atom is -0.206 e. The molecule has 0 radical (unpaired) electrons. The molecule has 0 fully saturated rings. The van der Waals surface area contributed by atoms with Crippen LogP contribution < -0.4 is 0 Å². The van der Waals surface area contributed by atoms with Crippen molar-refractivity contribution in [2.75, 3.05) is 0 Å². The van der Waals surface area contributed by atoms with Gasteiger partial charge in [-0.25, -0.2) is 13.2 Å². The van der Waals surface area contributed by atoms with Crippen molar-refractivity contribution in [3.05, 3.63) is 93.8 Å². The fourth-order valence-corrected chi connectivity index (χ4v) is 2.76. The van der Waals surface area contributed by atoms with Crippen LogP contribution in [-0.4, -0.2) is 0 Å². The molecule has 146 valence electrons. The Morgan fingerprint density at radius 1 is 0.828 bits per heavy atom. The molecule has 3 aromatic rings. The van der Waals surface area contributed by atoms with E-state index in [-0.39, 0.29) is 16.3 Å². The highest BCUT2D eigenvalue weighted by atomic mass is 35.5. The van der Waals surface area contributed by atoms with E-state index in [4.69, 9.17) is 11.6 Å². The zero-order valence-electron chi connectivity index (χ0n) is 15.5. The lowest BCUT2D eigenvalue weighted by molar-refractivity contribution is 0.573. The average Bonchev–Trinajstić information content (AvgIpc) is 2.68. The first-order chi connectivity index (χ1) is 14.0. The van der Waals surface area contributed by atoms with E-state index >= 15 is 0 Å². The number of nitrogens with zero attached hydrogens (tertiary/aromatic N) is 2. The highest BCUT2D eigenvalue weighted by Crippen LogP contribution is 2.24. The Hall–Kier alpha value is -3.10. The maximum absolute atomic E-state index is 14.1. The van der Waals surface area contributed by atoms with Gasteiger partial charge in [0.05, 0.1) is 11.3 Å². The summed E-state index contributed by atoms with van der Waals surface area (Å²) in [6.45, 7) is 1.94. The molecule has 0 aliphatic rings. The van der Waals surface area contributed by atoms with Gasteiger partial charge in [0.2, 0.25) is 0 Å². The molecule has 0 saturated heterocycles. The first-order valence-corrected chi connectivity index (χ1v) is 9.31. The third-order valence-corrected chi connectivity index (χ3v) is 4.26. The Morgan fingerprint density at radius 2 is 1.52 bits per heavy atom. The van der Waals surface area contributed by atoms with Crippen molar-refractivity contribution in [3.8, 4) is 11.8 Å². The lowest BCUT2D eigenvalue weighted by atomic mass is 10.1. The van der Waals surface area contributed by atoms with Crippen molar-refractivity contribution >= 4 is 23.0 Å². The Kier molecular flexibility index (Phi) is 6.69. The van der Waals surface area contributed by atoms with Gasteiger partial charge in [0, 0.05) is 10.6 Å². The number of rotatable bonds is 4. The summed E-state index contributed by atoms with van der Waals surface area (Å²) in [5.74, 6) is 3.36. The van der Waals surface area contributed by atoms with E-state index in [2.05, 4.69) is 22.1 Å². The fourth-order valence-electron chi connectivity index (χ4n) is 2.60. The molecule has 3 rings (SSSR count). The molecule has 0 unspecified atom stereocenters. The molecule has 0 amide bonds. The summed E-state index contributed by atoms with van der Waals surface area (Å²) in [6, 6.07) is 13.3. The summed E-state index contributed by atoms with van der Waals surface area (Å²) in [6.07, 6.45) is 1.41. The van der Waals surface area contributed by atoms with Crippen LogP contribution in [-0.2, 0) is 6.42 Å². The van der Waals surface area contributed by atoms with Crippen LogP contribution in [0.1, 0.15) is 30.0 Å². The maximum Gasteiger partial charge on any atom is 0.152 e. The Bertz CT molecular complexity index is 1090. The van der Waals surface area contributed by atoms with Gasteiger partial charge in [-0.15, -0.1) is 5.11 Å². The summed E-state index contributed by atoms with van der Waals surface area (Å²) in [5.41, 5.74) is 1.45. The van der Waals surface area contributed by atoms with Crippen LogP contribution in [0.25, 0.3) is 0 Å². The zero-order chi connectivity index (χ0) is 20.8. The quantitative estimate of drug-likeness (QED) is 0.312. The van der Waals surface area contributed by atoms with Crippen LogP contribution in [0, 0.1) is 29.3 Å². The van der Waals surface area contributed by atoms with Gasteiger partial charge in [-0.1, -0.05) is 36.8 Å². The third-order valence-electron chi connectivity index (χ3n) is 4.02. The zero-order valence-corrected chi connectivity index (χ0v) is 16.3. The van der Waals surface area contributed by atoms with E-state index < -0.39 is 17.5 Å². The molecule has 0 saturated carbocycles. The maximum atomic E-state index is 14.1. The molecule has 0 atom stereocenters.